The number of rotatable bonds is 45. The Balaban J connectivity index is 0.994. The Morgan fingerprint density at radius 3 is 1.92 bits per heavy atom. The fourth-order valence-electron chi connectivity index (χ4n) is 14.6. The van der Waals surface area contributed by atoms with Gasteiger partial charge in [0.1, 0.15) is 59.1 Å². The zero-order valence-electron chi connectivity index (χ0n) is 72.6. The number of unbranched alkanes of at least 4 members (excludes halogenated alkanes) is 4. The molecule has 2 bridgehead atoms. The number of aliphatic hydroxyl groups is 3. The highest BCUT2D eigenvalue weighted by Crippen LogP contribution is 2.39. The fraction of sp³-hybridized carbons (Fsp3) is 0.565. The number of aliphatic hydroxyl groups excluding tert-OH is 3. The summed E-state index contributed by atoms with van der Waals surface area (Å²) in [6, 6.07) is 7.90. The topological polar surface area (TPSA) is 639 Å². The van der Waals surface area contributed by atoms with Crippen molar-refractivity contribution in [3.63, 3.8) is 0 Å². The van der Waals surface area contributed by atoms with E-state index in [4.69, 9.17) is 15.6 Å². The van der Waals surface area contributed by atoms with E-state index in [0.29, 0.717) is 68.3 Å². The minimum atomic E-state index is -2.46. The molecule has 4 aromatic rings. The number of aldehydes is 1. The van der Waals surface area contributed by atoms with Gasteiger partial charge in [0.25, 0.3) is 0 Å². The number of H-pyrrole nitrogens is 1. The first-order valence-electron chi connectivity index (χ1n) is 42.8. The van der Waals surface area contributed by atoms with E-state index >= 15 is 9.00 Å². The molecule has 708 valence electrons. The van der Waals surface area contributed by atoms with E-state index in [-0.39, 0.29) is 80.1 Å². The number of urea groups is 1. The van der Waals surface area contributed by atoms with E-state index in [1.54, 1.807) is 65.8 Å². The lowest BCUT2D eigenvalue weighted by atomic mass is 9.92. The molecule has 3 aliphatic rings. The Morgan fingerprint density at radius 2 is 1.30 bits per heavy atom. The second-order valence-corrected chi connectivity index (χ2v) is 37.3. The summed E-state index contributed by atoms with van der Waals surface area (Å²) in [4.78, 5) is 233. The predicted octanol–water partition coefficient (Wildman–Crippen LogP) is -1.04. The van der Waals surface area contributed by atoms with Crippen LogP contribution in [0.2, 0.25) is 0 Å². The third-order valence-corrected chi connectivity index (χ3v) is 27.0. The number of nitrogens with one attached hydrogen (secondary N) is 14. The van der Waals surface area contributed by atoms with Crippen molar-refractivity contribution >= 4 is 144 Å². The first kappa shape index (κ1) is 105. The predicted molar refractivity (Wildman–Crippen MR) is 473 cm³/mol. The zero-order chi connectivity index (χ0) is 94.7. The minimum absolute atomic E-state index is 0.0817. The molecule has 0 radical (unpaired) electrons. The number of fused-ring (bicyclic) bond motifs is 5. The highest BCUT2D eigenvalue weighted by Gasteiger charge is 2.53. The number of carboxylic acid groups (broad SMARTS) is 3. The number of ether oxygens (including phenoxy) is 1. The number of primary amides is 1. The van der Waals surface area contributed by atoms with Crippen LogP contribution in [0, 0.1) is 11.8 Å². The second kappa shape index (κ2) is 51.8. The molecule has 0 spiro atoms. The molecular weight excluding hydrogens is 1740 g/mol. The van der Waals surface area contributed by atoms with Gasteiger partial charge in [-0.2, -0.15) is 0 Å². The van der Waals surface area contributed by atoms with Crippen LogP contribution in [-0.4, -0.2) is 280 Å². The first-order chi connectivity index (χ1) is 61.3. The normalized spacial score (nSPS) is 21.3. The fourth-order valence-corrected chi connectivity index (χ4v) is 18.6. The molecule has 0 saturated carbocycles. The standard InChI is InChI=1S/C85H120N16O25S3/c1-6-48(2)71-77(117)90-42-68(109)92-63-46-129(125)79-55(40-62(74(114)89-43-69(110)99-71)95-78(118)72(49(3)64(105)45-102)100-85(47-103)41-52(104)44-101(85)80(119)56(93-76(63)116)26-29-65(86)106)54-25-24-53(39-59(54)96-79)126-35-18-36-127-128-84(4,5)32-34-88-73(113)60(37-50-19-12-10-13-20-50)94-75(115)61(38-51-21-14-11-15-22-51)91-67(108)23-16-8-7-9-17-33-87-66(107)30-27-57(81(120)121)97-83(124)98-58(82(122)123)28-31-70(111)112/h10-15,19-22,24-25,39,47-49,52,56-58,60-64,71-72,96,100,102,104-105H,6-9,16-18,23,26-38,40-46H2,1-5H3,(H2,86,106)(H,87,107)(H,88,113)(H,89,114)(H,90,117)(H,91,108)(H,92,109)(H,93,116)(H,94,115)(H,95,118)(H,99,110)(H,111,112)(H,120,121)(H,122,123)(H2,97,98,124)/t48-,49-,52+,56-,57?,58?,60-,61-,62?,63?,64-,71-,72-,85?,129?/m0/s1. The summed E-state index contributed by atoms with van der Waals surface area (Å²) >= 11 is 0. The van der Waals surface area contributed by atoms with E-state index in [0.717, 1.165) is 16.0 Å². The SMILES string of the molecule is CC[C@H](C)[C@@H]1NC(=O)CNC(=O)C2Cc3c([nH]c4cc(OCCCSSC(C)(C)CCNC(=O)[C@H](Cc5ccccc5)NC(=O)[C@H](Cc5ccccc5)NC(=O)CCCCCCCNC(=O)CCC(NC(=O)NC(CCC(=O)O)C(=O)O)C(=O)O)ccc34)S(=O)CC(NC(=O)CNC1=O)C(=O)N[C@@H](CCC(N)=O)C(=O)N1C[C@H](O)CC1(C=O)N[C@@H]([C@@H](C)[C@@H](O)CO)C(=O)N2. The van der Waals surface area contributed by atoms with Gasteiger partial charge in [-0.3, -0.25) is 76.6 Å². The average molecular weight is 1860 g/mol. The monoisotopic (exact) mass is 1860 g/mol. The van der Waals surface area contributed by atoms with Gasteiger partial charge >= 0.3 is 23.9 Å². The molecular formula is C85H120N16O25S3. The van der Waals surface area contributed by atoms with Crippen LogP contribution in [0.4, 0.5) is 4.79 Å². The van der Waals surface area contributed by atoms with E-state index < -0.39 is 259 Å². The van der Waals surface area contributed by atoms with Crippen molar-refractivity contribution in [1.29, 1.82) is 0 Å². The molecule has 1 fully saturated rings. The molecule has 7 rings (SSSR count). The van der Waals surface area contributed by atoms with Crippen LogP contribution < -0.4 is 79.6 Å². The van der Waals surface area contributed by atoms with Gasteiger partial charge in [0.05, 0.1) is 66.6 Å². The molecule has 4 heterocycles. The van der Waals surface area contributed by atoms with Gasteiger partial charge in [0, 0.05) is 98.9 Å². The third-order valence-electron chi connectivity index (χ3n) is 22.1. The third kappa shape index (κ3) is 33.6. The minimum Gasteiger partial charge on any atom is -0.493 e. The van der Waals surface area contributed by atoms with Gasteiger partial charge < -0.3 is 115 Å². The number of carboxylic acids is 3. The molecule has 3 aliphatic heterocycles. The molecule has 6 unspecified atom stereocenters. The van der Waals surface area contributed by atoms with Crippen molar-refractivity contribution in [2.24, 2.45) is 17.6 Å². The molecule has 1 saturated heterocycles. The lowest BCUT2D eigenvalue weighted by Crippen LogP contribution is -2.68. The van der Waals surface area contributed by atoms with Crippen molar-refractivity contribution in [2.45, 2.75) is 239 Å². The van der Waals surface area contributed by atoms with Gasteiger partial charge in [-0.1, -0.05) is 129 Å². The Kier molecular flexibility index (Phi) is 42.0. The second-order valence-electron chi connectivity index (χ2n) is 32.8. The van der Waals surface area contributed by atoms with Crippen molar-refractivity contribution in [3.8, 4) is 5.75 Å². The Morgan fingerprint density at radius 1 is 0.682 bits per heavy atom. The van der Waals surface area contributed by atoms with Gasteiger partial charge in [0.2, 0.25) is 70.9 Å². The summed E-state index contributed by atoms with van der Waals surface area (Å²) < 4.78 is 21.2. The van der Waals surface area contributed by atoms with E-state index in [2.05, 4.69) is 68.8 Å². The molecule has 14 amide bonds. The van der Waals surface area contributed by atoms with Crippen LogP contribution in [0.25, 0.3) is 10.9 Å². The lowest BCUT2D eigenvalue weighted by molar-refractivity contribution is -0.147. The number of aromatic nitrogens is 1. The van der Waals surface area contributed by atoms with Gasteiger partial charge in [-0.05, 0) is 93.5 Å². The number of aromatic amines is 1. The smallest absolute Gasteiger partial charge is 0.326 e. The van der Waals surface area contributed by atoms with E-state index in [9.17, 15) is 102 Å². The zero-order valence-corrected chi connectivity index (χ0v) is 75.0. The Hall–Kier alpha value is -11.3. The summed E-state index contributed by atoms with van der Waals surface area (Å²) in [5.41, 5.74) is 5.06. The molecule has 41 nitrogen and oxygen atoms in total. The molecule has 44 heteroatoms. The van der Waals surface area contributed by atoms with Crippen LogP contribution in [0.5, 0.6) is 5.75 Å². The molecule has 129 heavy (non-hydrogen) atoms. The summed E-state index contributed by atoms with van der Waals surface area (Å²) in [5, 5.41) is 94.2. The quantitative estimate of drug-likeness (QED) is 0.0143. The van der Waals surface area contributed by atoms with Gasteiger partial charge in [-0.15, -0.1) is 0 Å². The van der Waals surface area contributed by atoms with Crippen LogP contribution >= 0.6 is 21.6 Å². The average Bonchev–Trinajstić information content (AvgIpc) is 1.64. The lowest BCUT2D eigenvalue weighted by Gasteiger charge is -2.41. The number of aliphatic carboxylic acids is 3. The van der Waals surface area contributed by atoms with Crippen LogP contribution in [0.1, 0.15) is 154 Å². The maximum Gasteiger partial charge on any atom is 0.326 e. The summed E-state index contributed by atoms with van der Waals surface area (Å²) in [6.45, 7) is 6.17. The highest BCUT2D eigenvalue weighted by molar-refractivity contribution is 8.77. The number of carbonyl (C=O) groups is 17. The Bertz CT molecular complexity index is 4610. The summed E-state index contributed by atoms with van der Waals surface area (Å²) in [5.74, 6) is -16.2. The van der Waals surface area contributed by atoms with Gasteiger partial charge in [0.15, 0.2) is 11.9 Å². The van der Waals surface area contributed by atoms with E-state index in [1.807, 2.05) is 67.7 Å². The number of nitrogens with zero attached hydrogens (tertiary/aromatic N) is 1. The maximum atomic E-state index is 15.3. The van der Waals surface area contributed by atoms with Crippen molar-refractivity contribution in [1.82, 2.24) is 79.0 Å². The van der Waals surface area contributed by atoms with Crippen LogP contribution in [-0.2, 0) is 107 Å². The van der Waals surface area contributed by atoms with Crippen molar-refractivity contribution in [2.75, 3.05) is 57.4 Å². The number of amides is 14. The number of carbonyl (C=O) groups excluding carboxylic acids is 14. The molecule has 0 aliphatic carbocycles. The summed E-state index contributed by atoms with van der Waals surface area (Å²) in [7, 11) is 0.675. The molecule has 22 N–H and O–H groups in total. The number of nitrogens with two attached hydrogens (primary N) is 1. The maximum absolute atomic E-state index is 15.3. The van der Waals surface area contributed by atoms with Crippen molar-refractivity contribution < 1.29 is 121 Å². The van der Waals surface area contributed by atoms with E-state index in [1.165, 1.54) is 6.92 Å². The van der Waals surface area contributed by atoms with Gasteiger partial charge in [-0.25, -0.2) is 14.4 Å². The van der Waals surface area contributed by atoms with Crippen LogP contribution in [0.15, 0.2) is 83.9 Å². The largest absolute Gasteiger partial charge is 0.493 e. The summed E-state index contributed by atoms with van der Waals surface area (Å²) in [6.07, 6.45) is -2.27. The molecule has 3 aromatic carbocycles. The number of benzene rings is 3. The van der Waals surface area contributed by atoms with Crippen LogP contribution in [0.3, 0.4) is 0 Å². The first-order valence-corrected chi connectivity index (χ1v) is 46.5. The Labute approximate surface area is 755 Å². The number of hydrogen-bond donors (Lipinski definition) is 21. The van der Waals surface area contributed by atoms with Crippen molar-refractivity contribution in [3.05, 3.63) is 95.6 Å². The highest BCUT2D eigenvalue weighted by atomic mass is 33.1. The molecule has 1 aromatic heterocycles. The number of hydrogen-bond acceptors (Lipinski definition) is 25. The molecule has 15 atom stereocenters.